The first kappa shape index (κ1) is 14.8. The molecule has 0 atom stereocenters. The zero-order valence-electron chi connectivity index (χ0n) is 12.7. The van der Waals surface area contributed by atoms with Gasteiger partial charge >= 0.3 is 0 Å². The van der Waals surface area contributed by atoms with Crippen LogP contribution in [0.5, 0.6) is 0 Å². The van der Waals surface area contributed by atoms with Gasteiger partial charge in [0.1, 0.15) is 5.82 Å². The minimum absolute atomic E-state index is 0.107. The summed E-state index contributed by atoms with van der Waals surface area (Å²) in [7, 11) is 0. The summed E-state index contributed by atoms with van der Waals surface area (Å²) in [6, 6.07) is 4.74. The van der Waals surface area contributed by atoms with Gasteiger partial charge in [0.25, 0.3) is 0 Å². The first-order valence-electron chi connectivity index (χ1n) is 7.04. The normalized spacial score (nSPS) is 16.1. The fourth-order valence-electron chi connectivity index (χ4n) is 2.55. The van der Waals surface area contributed by atoms with E-state index in [0.29, 0.717) is 11.3 Å². The summed E-state index contributed by atoms with van der Waals surface area (Å²) in [5, 5.41) is 0. The molecule has 0 amide bonds. The fraction of sp³-hybridized carbons (Fsp3) is 0.471. The molecule has 1 aliphatic rings. The maximum Gasteiger partial charge on any atom is 0.159 e. The van der Waals surface area contributed by atoms with Crippen LogP contribution >= 0.6 is 0 Å². The van der Waals surface area contributed by atoms with Gasteiger partial charge in [0.2, 0.25) is 0 Å². The number of hydrogen-bond donors (Lipinski definition) is 0. The van der Waals surface area contributed by atoms with Crippen LogP contribution in [0.4, 0.5) is 10.1 Å². The van der Waals surface area contributed by atoms with Crippen LogP contribution in [0.2, 0.25) is 0 Å². The molecule has 0 saturated heterocycles. The zero-order valence-corrected chi connectivity index (χ0v) is 12.7. The van der Waals surface area contributed by atoms with Crippen LogP contribution in [0, 0.1) is 11.2 Å². The van der Waals surface area contributed by atoms with Crippen molar-refractivity contribution in [3.8, 4) is 0 Å². The topological polar surface area (TPSA) is 20.3 Å². The molecular weight excluding hydrogens is 253 g/mol. The third-order valence-electron chi connectivity index (χ3n) is 3.87. The highest BCUT2D eigenvalue weighted by Gasteiger charge is 2.22. The Morgan fingerprint density at radius 3 is 2.45 bits per heavy atom. The highest BCUT2D eigenvalue weighted by Crippen LogP contribution is 2.32. The van der Waals surface area contributed by atoms with Crippen LogP contribution in [-0.2, 0) is 0 Å². The molecule has 3 heteroatoms. The summed E-state index contributed by atoms with van der Waals surface area (Å²) in [6.07, 6.45) is 3.15. The van der Waals surface area contributed by atoms with Crippen molar-refractivity contribution >= 4 is 11.5 Å². The Bertz CT molecular complexity index is 555. The Kier molecular flexibility index (Phi) is 3.98. The van der Waals surface area contributed by atoms with E-state index in [2.05, 4.69) is 26.8 Å². The molecule has 0 aromatic heterocycles. The third-order valence-corrected chi connectivity index (χ3v) is 3.87. The Hall–Kier alpha value is -1.64. The lowest BCUT2D eigenvalue weighted by Crippen LogP contribution is -2.31. The minimum Gasteiger partial charge on any atom is -0.365 e. The van der Waals surface area contributed by atoms with Gasteiger partial charge in [-0.1, -0.05) is 32.4 Å². The number of halogens is 1. The van der Waals surface area contributed by atoms with Crippen molar-refractivity contribution in [2.45, 2.75) is 34.1 Å². The van der Waals surface area contributed by atoms with E-state index in [-0.39, 0.29) is 17.0 Å². The molecule has 0 aliphatic carbocycles. The van der Waals surface area contributed by atoms with Crippen LogP contribution in [0.25, 0.3) is 0 Å². The van der Waals surface area contributed by atoms with Crippen molar-refractivity contribution in [2.24, 2.45) is 5.41 Å². The summed E-state index contributed by atoms with van der Waals surface area (Å²) in [5.74, 6) is -0.422. The predicted octanol–water partition coefficient (Wildman–Crippen LogP) is 4.21. The first-order valence-corrected chi connectivity index (χ1v) is 7.04. The zero-order chi connectivity index (χ0) is 14.9. The summed E-state index contributed by atoms with van der Waals surface area (Å²) in [4.78, 5) is 13.3. The molecule has 108 valence electrons. The average Bonchev–Trinajstić information content (AvgIpc) is 2.37. The molecule has 2 nitrogen and oxygen atoms in total. The molecule has 0 N–H and O–H groups in total. The van der Waals surface area contributed by atoms with Gasteiger partial charge in [-0.3, -0.25) is 4.79 Å². The quantitative estimate of drug-likeness (QED) is 0.595. The number of benzene rings is 1. The summed E-state index contributed by atoms with van der Waals surface area (Å²) >= 11 is 0. The second-order valence-corrected chi connectivity index (χ2v) is 6.40. The van der Waals surface area contributed by atoms with Crippen molar-refractivity contribution < 1.29 is 9.18 Å². The van der Waals surface area contributed by atoms with Crippen LogP contribution in [0.1, 0.15) is 44.5 Å². The Balaban J connectivity index is 2.19. The molecule has 0 fully saturated rings. The number of anilines is 1. The van der Waals surface area contributed by atoms with Crippen molar-refractivity contribution in [1.29, 1.82) is 0 Å². The van der Waals surface area contributed by atoms with E-state index in [1.54, 1.807) is 12.1 Å². The summed E-state index contributed by atoms with van der Waals surface area (Å²) < 4.78 is 14.1. The molecule has 20 heavy (non-hydrogen) atoms. The maximum atomic E-state index is 14.1. The Morgan fingerprint density at radius 2 is 2.00 bits per heavy atom. The van der Waals surface area contributed by atoms with Crippen LogP contribution in [-0.4, -0.2) is 18.9 Å². The van der Waals surface area contributed by atoms with Crippen LogP contribution in [0.3, 0.4) is 0 Å². The van der Waals surface area contributed by atoms with Gasteiger partial charge < -0.3 is 4.90 Å². The largest absolute Gasteiger partial charge is 0.365 e. The molecule has 1 aromatic rings. The first-order chi connectivity index (χ1) is 9.29. The standard InChI is InChI=1S/C17H22FNO/c1-12(20)13-5-6-16(15(18)11-13)19-9-7-14(8-10-19)17(2,3)4/h5-7,11H,8-10H2,1-4H3. The maximum absolute atomic E-state index is 14.1. The molecule has 1 heterocycles. The van der Waals surface area contributed by atoms with Crippen molar-refractivity contribution in [1.82, 2.24) is 0 Å². The van der Waals surface area contributed by atoms with Crippen molar-refractivity contribution in [3.63, 3.8) is 0 Å². The number of hydrogen-bond acceptors (Lipinski definition) is 2. The van der Waals surface area contributed by atoms with Crippen LogP contribution < -0.4 is 4.90 Å². The number of nitrogens with zero attached hydrogens (tertiary/aromatic N) is 1. The van der Waals surface area contributed by atoms with Gasteiger partial charge in [0.05, 0.1) is 5.69 Å². The Morgan fingerprint density at radius 1 is 1.30 bits per heavy atom. The average molecular weight is 275 g/mol. The SMILES string of the molecule is CC(=O)c1ccc(N2CC=C(C(C)(C)C)CC2)c(F)c1. The van der Waals surface area contributed by atoms with E-state index in [1.165, 1.54) is 18.6 Å². The number of carbonyl (C=O) groups excluding carboxylic acids is 1. The molecule has 1 aromatic carbocycles. The lowest BCUT2D eigenvalue weighted by atomic mass is 9.83. The molecule has 0 saturated carbocycles. The second kappa shape index (κ2) is 5.39. The van der Waals surface area contributed by atoms with Gasteiger partial charge in [-0.15, -0.1) is 0 Å². The van der Waals surface area contributed by atoms with Gasteiger partial charge in [-0.25, -0.2) is 4.39 Å². The van der Waals surface area contributed by atoms with Gasteiger partial charge in [-0.05, 0) is 37.0 Å². The minimum atomic E-state index is -0.315. The highest BCUT2D eigenvalue weighted by atomic mass is 19.1. The summed E-state index contributed by atoms with van der Waals surface area (Å²) in [6.45, 7) is 9.61. The van der Waals surface area contributed by atoms with E-state index in [4.69, 9.17) is 0 Å². The number of ketones is 1. The summed E-state index contributed by atoms with van der Waals surface area (Å²) in [5.41, 5.74) is 2.62. The van der Waals surface area contributed by atoms with E-state index in [0.717, 1.165) is 19.5 Å². The molecule has 2 rings (SSSR count). The molecule has 1 aliphatic heterocycles. The molecule has 0 unspecified atom stereocenters. The monoisotopic (exact) mass is 275 g/mol. The van der Waals surface area contributed by atoms with E-state index < -0.39 is 0 Å². The Labute approximate surface area is 120 Å². The molecule has 0 bridgehead atoms. The van der Waals surface area contributed by atoms with Crippen LogP contribution in [0.15, 0.2) is 29.8 Å². The van der Waals surface area contributed by atoms with E-state index in [1.807, 2.05) is 4.90 Å². The number of Topliss-reactive ketones (excluding diaryl/α,β-unsaturated/α-hetero) is 1. The van der Waals surface area contributed by atoms with Crippen molar-refractivity contribution in [3.05, 3.63) is 41.2 Å². The van der Waals surface area contributed by atoms with Gasteiger partial charge in [0, 0.05) is 18.7 Å². The van der Waals surface area contributed by atoms with E-state index >= 15 is 0 Å². The smallest absolute Gasteiger partial charge is 0.159 e. The fourth-order valence-corrected chi connectivity index (χ4v) is 2.55. The van der Waals surface area contributed by atoms with Crippen molar-refractivity contribution in [2.75, 3.05) is 18.0 Å². The van der Waals surface area contributed by atoms with E-state index in [9.17, 15) is 9.18 Å². The number of rotatable bonds is 2. The predicted molar refractivity (Wildman–Crippen MR) is 80.8 cm³/mol. The van der Waals surface area contributed by atoms with Gasteiger partial charge in [-0.2, -0.15) is 0 Å². The molecular formula is C17H22FNO. The lowest BCUT2D eigenvalue weighted by Gasteiger charge is -2.33. The molecule has 0 radical (unpaired) electrons. The third kappa shape index (κ3) is 3.09. The second-order valence-electron chi connectivity index (χ2n) is 6.40. The highest BCUT2D eigenvalue weighted by molar-refractivity contribution is 5.94. The number of carbonyl (C=O) groups is 1. The molecule has 0 spiro atoms. The van der Waals surface area contributed by atoms with Gasteiger partial charge in [0.15, 0.2) is 5.78 Å². The lowest BCUT2D eigenvalue weighted by molar-refractivity contribution is 0.101.